The average molecular weight is 259 g/mol. The fourth-order valence-electron chi connectivity index (χ4n) is 1.18. The van der Waals surface area contributed by atoms with Gasteiger partial charge in [-0.15, -0.1) is 0 Å². The van der Waals surface area contributed by atoms with Gasteiger partial charge in [-0.25, -0.2) is 5.84 Å². The highest BCUT2D eigenvalue weighted by Gasteiger charge is 1.98. The molecule has 3 nitrogen and oxygen atoms in total. The molecule has 0 radical (unpaired) electrons. The number of rotatable bonds is 6. The van der Waals surface area contributed by atoms with Crippen LogP contribution in [0.5, 0.6) is 0 Å². The van der Waals surface area contributed by atoms with Crippen LogP contribution in [0.15, 0.2) is 24.3 Å². The minimum Gasteiger partial charge on any atom is -0.294 e. The molecule has 5 heteroatoms. The maximum absolute atomic E-state index is 10.8. The van der Waals surface area contributed by atoms with E-state index in [0.29, 0.717) is 6.42 Å². The topological polar surface area (TPSA) is 55.1 Å². The summed E-state index contributed by atoms with van der Waals surface area (Å²) in [4.78, 5) is 10.8. The first-order valence-corrected chi connectivity index (χ1v) is 6.57. The molecular weight excluding hydrogens is 244 g/mol. The molecule has 0 saturated carbocycles. The molecule has 0 aliphatic heterocycles. The molecule has 16 heavy (non-hydrogen) atoms. The van der Waals surface area contributed by atoms with E-state index in [4.69, 9.17) is 17.4 Å². The highest BCUT2D eigenvalue weighted by Crippen LogP contribution is 2.16. The molecule has 0 atom stereocenters. The van der Waals surface area contributed by atoms with Gasteiger partial charge in [0.1, 0.15) is 0 Å². The minimum atomic E-state index is -0.105. The molecule has 0 aliphatic carbocycles. The molecular formula is C11H15ClN2OS. The molecule has 88 valence electrons. The Kier molecular flexibility index (Phi) is 6.30. The van der Waals surface area contributed by atoms with Gasteiger partial charge in [0.05, 0.1) is 0 Å². The second-order valence-corrected chi connectivity index (χ2v) is 4.89. The lowest BCUT2D eigenvalue weighted by molar-refractivity contribution is -0.121. The molecule has 0 spiro atoms. The predicted molar refractivity (Wildman–Crippen MR) is 69.2 cm³/mol. The van der Waals surface area contributed by atoms with Crippen LogP contribution < -0.4 is 11.3 Å². The third-order valence-corrected chi connectivity index (χ3v) is 3.40. The van der Waals surface area contributed by atoms with Crippen molar-refractivity contribution < 1.29 is 4.79 Å². The normalized spacial score (nSPS) is 10.1. The lowest BCUT2D eigenvalue weighted by atomic mass is 10.2. The molecule has 3 N–H and O–H groups in total. The number of thioether (sulfide) groups is 1. The number of hydrazine groups is 1. The number of carbonyl (C=O) groups is 1. The lowest BCUT2D eigenvalue weighted by Gasteiger charge is -2.02. The Morgan fingerprint density at radius 3 is 2.69 bits per heavy atom. The average Bonchev–Trinajstić information content (AvgIpc) is 2.31. The Bertz CT molecular complexity index is 329. The summed E-state index contributed by atoms with van der Waals surface area (Å²) in [6.45, 7) is 0. The van der Waals surface area contributed by atoms with Crippen LogP contribution >= 0.6 is 23.4 Å². The van der Waals surface area contributed by atoms with E-state index in [9.17, 15) is 4.79 Å². The fraction of sp³-hybridized carbons (Fsp3) is 0.364. The first-order valence-electron chi connectivity index (χ1n) is 5.04. The number of hydrogen-bond donors (Lipinski definition) is 2. The standard InChI is InChI=1S/C11H15ClN2OS/c12-10-5-3-9(4-6-10)8-16-7-1-2-11(15)14-13/h3-6H,1-2,7-8,13H2,(H,14,15). The van der Waals surface area contributed by atoms with Crippen molar-refractivity contribution in [3.05, 3.63) is 34.9 Å². The summed E-state index contributed by atoms with van der Waals surface area (Å²) in [5.41, 5.74) is 3.36. The van der Waals surface area contributed by atoms with Crippen molar-refractivity contribution in [3.8, 4) is 0 Å². The van der Waals surface area contributed by atoms with Gasteiger partial charge < -0.3 is 0 Å². The first kappa shape index (κ1) is 13.4. The van der Waals surface area contributed by atoms with E-state index in [0.717, 1.165) is 22.9 Å². The smallest absolute Gasteiger partial charge is 0.233 e. The van der Waals surface area contributed by atoms with Gasteiger partial charge in [0.25, 0.3) is 0 Å². The van der Waals surface area contributed by atoms with Gasteiger partial charge in [0, 0.05) is 17.2 Å². The number of carbonyl (C=O) groups excluding carboxylic acids is 1. The van der Waals surface area contributed by atoms with Crippen molar-refractivity contribution in [2.24, 2.45) is 5.84 Å². The van der Waals surface area contributed by atoms with Crippen molar-refractivity contribution in [2.45, 2.75) is 18.6 Å². The Balaban J connectivity index is 2.11. The predicted octanol–water partition coefficient (Wildman–Crippen LogP) is 2.34. The Labute approximate surface area is 105 Å². The molecule has 0 aliphatic rings. The van der Waals surface area contributed by atoms with Crippen molar-refractivity contribution in [1.82, 2.24) is 5.43 Å². The number of nitrogens with one attached hydrogen (secondary N) is 1. The monoisotopic (exact) mass is 258 g/mol. The number of benzene rings is 1. The zero-order valence-corrected chi connectivity index (χ0v) is 10.5. The summed E-state index contributed by atoms with van der Waals surface area (Å²) >= 11 is 7.58. The third kappa shape index (κ3) is 5.39. The Hall–Kier alpha value is -0.710. The van der Waals surface area contributed by atoms with Crippen molar-refractivity contribution in [1.29, 1.82) is 0 Å². The summed E-state index contributed by atoms with van der Waals surface area (Å²) in [6, 6.07) is 7.81. The molecule has 0 unspecified atom stereocenters. The molecule has 1 aromatic carbocycles. The van der Waals surface area contributed by atoms with Crippen LogP contribution in [0.2, 0.25) is 5.02 Å². The van der Waals surface area contributed by atoms with E-state index in [2.05, 4.69) is 5.43 Å². The van der Waals surface area contributed by atoms with Gasteiger partial charge in [-0.2, -0.15) is 11.8 Å². The molecule has 1 amide bonds. The molecule has 0 fully saturated rings. The van der Waals surface area contributed by atoms with Gasteiger partial charge in [-0.05, 0) is 29.9 Å². The maximum Gasteiger partial charge on any atom is 0.233 e. The number of halogens is 1. The number of amides is 1. The van der Waals surface area contributed by atoms with Gasteiger partial charge >= 0.3 is 0 Å². The van der Waals surface area contributed by atoms with Crippen LogP contribution in [0.4, 0.5) is 0 Å². The highest BCUT2D eigenvalue weighted by atomic mass is 35.5. The fourth-order valence-corrected chi connectivity index (χ4v) is 2.22. The van der Waals surface area contributed by atoms with Crippen LogP contribution in [0.3, 0.4) is 0 Å². The second-order valence-electron chi connectivity index (χ2n) is 3.35. The van der Waals surface area contributed by atoms with E-state index in [1.807, 2.05) is 24.3 Å². The van der Waals surface area contributed by atoms with Crippen LogP contribution in [-0.4, -0.2) is 11.7 Å². The zero-order valence-electron chi connectivity index (χ0n) is 8.91. The van der Waals surface area contributed by atoms with Gasteiger partial charge in [-0.3, -0.25) is 10.2 Å². The first-order chi connectivity index (χ1) is 7.72. The molecule has 0 heterocycles. The largest absolute Gasteiger partial charge is 0.294 e. The van der Waals surface area contributed by atoms with E-state index in [-0.39, 0.29) is 5.91 Å². The molecule has 1 aromatic rings. The zero-order chi connectivity index (χ0) is 11.8. The molecule has 0 saturated heterocycles. The quantitative estimate of drug-likeness (QED) is 0.356. The summed E-state index contributed by atoms with van der Waals surface area (Å²) < 4.78 is 0. The Morgan fingerprint density at radius 2 is 2.06 bits per heavy atom. The SMILES string of the molecule is NNC(=O)CCCSCc1ccc(Cl)cc1. The van der Waals surface area contributed by atoms with Crippen LogP contribution in [0.25, 0.3) is 0 Å². The second kappa shape index (κ2) is 7.54. The van der Waals surface area contributed by atoms with E-state index < -0.39 is 0 Å². The summed E-state index contributed by atoms with van der Waals surface area (Å²) in [7, 11) is 0. The van der Waals surface area contributed by atoms with Crippen molar-refractivity contribution in [3.63, 3.8) is 0 Å². The van der Waals surface area contributed by atoms with Gasteiger partial charge in [-0.1, -0.05) is 23.7 Å². The van der Waals surface area contributed by atoms with Crippen LogP contribution in [0.1, 0.15) is 18.4 Å². The molecule has 0 aromatic heterocycles. The number of nitrogens with two attached hydrogens (primary N) is 1. The van der Waals surface area contributed by atoms with Gasteiger partial charge in [0.2, 0.25) is 5.91 Å². The highest BCUT2D eigenvalue weighted by molar-refractivity contribution is 7.98. The molecule has 0 bridgehead atoms. The summed E-state index contributed by atoms with van der Waals surface area (Å²) in [5.74, 6) is 6.77. The van der Waals surface area contributed by atoms with E-state index in [1.54, 1.807) is 11.8 Å². The lowest BCUT2D eigenvalue weighted by Crippen LogP contribution is -2.29. The van der Waals surface area contributed by atoms with Crippen molar-refractivity contribution >= 4 is 29.3 Å². The summed E-state index contributed by atoms with van der Waals surface area (Å²) in [6.07, 6.45) is 1.34. The van der Waals surface area contributed by atoms with Crippen molar-refractivity contribution in [2.75, 3.05) is 5.75 Å². The van der Waals surface area contributed by atoms with Gasteiger partial charge in [0.15, 0.2) is 0 Å². The molecule has 1 rings (SSSR count). The minimum absolute atomic E-state index is 0.105. The summed E-state index contributed by atoms with van der Waals surface area (Å²) in [5, 5.41) is 0.758. The number of hydrogen-bond acceptors (Lipinski definition) is 3. The van der Waals surface area contributed by atoms with E-state index in [1.165, 1.54) is 5.56 Å². The third-order valence-electron chi connectivity index (χ3n) is 2.04. The Morgan fingerprint density at radius 1 is 1.38 bits per heavy atom. The van der Waals surface area contributed by atoms with Crippen LogP contribution in [0, 0.1) is 0 Å². The maximum atomic E-state index is 10.8. The van der Waals surface area contributed by atoms with Crippen LogP contribution in [-0.2, 0) is 10.5 Å². The van der Waals surface area contributed by atoms with E-state index >= 15 is 0 Å².